The van der Waals surface area contributed by atoms with Gasteiger partial charge in [0.2, 0.25) is 0 Å². The average molecular weight is 515 g/mol. The molecule has 1 aromatic carbocycles. The van der Waals surface area contributed by atoms with Crippen LogP contribution in [0.25, 0.3) is 0 Å². The summed E-state index contributed by atoms with van der Waals surface area (Å²) in [6.07, 6.45) is 2.09. The van der Waals surface area contributed by atoms with E-state index in [1.807, 2.05) is 37.0 Å². The number of nitrogens with zero attached hydrogens (tertiary/aromatic N) is 4. The highest BCUT2D eigenvalue weighted by molar-refractivity contribution is 14.0. The number of rotatable bonds is 8. The maximum absolute atomic E-state index is 5.49. The van der Waals surface area contributed by atoms with Crippen LogP contribution in [0.5, 0.6) is 11.5 Å². The molecule has 0 unspecified atom stereocenters. The molecule has 2 rings (SSSR count). The number of methoxy groups -OCH3 is 2. The van der Waals surface area contributed by atoms with Crippen LogP contribution in [0.1, 0.15) is 43.5 Å². The molecule has 2 aromatic rings. The van der Waals surface area contributed by atoms with E-state index < -0.39 is 0 Å². The van der Waals surface area contributed by atoms with Crippen LogP contribution in [0.4, 0.5) is 0 Å². The van der Waals surface area contributed by atoms with Crippen LogP contribution >= 0.6 is 24.0 Å². The van der Waals surface area contributed by atoms with Gasteiger partial charge in [0.1, 0.15) is 11.5 Å². The fraction of sp³-hybridized carbons (Fsp3) is 0.524. The van der Waals surface area contributed by atoms with Crippen LogP contribution in [-0.4, -0.2) is 48.5 Å². The summed E-state index contributed by atoms with van der Waals surface area (Å²) in [5.41, 5.74) is 3.35. The number of aromatic nitrogens is 2. The van der Waals surface area contributed by atoms with Crippen molar-refractivity contribution in [1.82, 2.24) is 20.0 Å². The summed E-state index contributed by atoms with van der Waals surface area (Å²) in [6, 6.07) is 5.79. The van der Waals surface area contributed by atoms with Crippen molar-refractivity contribution in [3.05, 3.63) is 41.2 Å². The van der Waals surface area contributed by atoms with Crippen molar-refractivity contribution in [1.29, 1.82) is 0 Å². The van der Waals surface area contributed by atoms with Gasteiger partial charge < -0.3 is 19.7 Å². The molecule has 0 fully saturated rings. The van der Waals surface area contributed by atoms with Gasteiger partial charge in [-0.2, -0.15) is 5.10 Å². The van der Waals surface area contributed by atoms with Gasteiger partial charge in [-0.25, -0.2) is 4.99 Å². The van der Waals surface area contributed by atoms with Crippen molar-refractivity contribution in [2.45, 2.75) is 39.8 Å². The van der Waals surface area contributed by atoms with Crippen LogP contribution in [0, 0.1) is 0 Å². The first-order valence-electron chi connectivity index (χ1n) is 9.62. The van der Waals surface area contributed by atoms with Crippen LogP contribution < -0.4 is 14.8 Å². The van der Waals surface area contributed by atoms with Gasteiger partial charge in [0, 0.05) is 50.6 Å². The Labute approximate surface area is 191 Å². The van der Waals surface area contributed by atoms with Gasteiger partial charge >= 0.3 is 0 Å². The minimum absolute atomic E-state index is 0. The molecule has 162 valence electrons. The van der Waals surface area contributed by atoms with E-state index in [0.717, 1.165) is 41.8 Å². The Kier molecular flexibility index (Phi) is 10.3. The number of aliphatic imine (C=N–C) groups is 1. The number of halogens is 1. The summed E-state index contributed by atoms with van der Waals surface area (Å²) < 4.78 is 12.6. The third-order valence-electron chi connectivity index (χ3n) is 4.48. The zero-order valence-electron chi connectivity index (χ0n) is 18.5. The Morgan fingerprint density at radius 2 is 1.97 bits per heavy atom. The first-order valence-corrected chi connectivity index (χ1v) is 9.62. The Morgan fingerprint density at radius 1 is 1.24 bits per heavy atom. The Hall–Kier alpha value is -1.97. The smallest absolute Gasteiger partial charge is 0.194 e. The fourth-order valence-corrected chi connectivity index (χ4v) is 3.11. The molecule has 7 nitrogen and oxygen atoms in total. The lowest BCUT2D eigenvalue weighted by atomic mass is 10.1. The maximum atomic E-state index is 5.49. The van der Waals surface area contributed by atoms with Crippen molar-refractivity contribution in [3.63, 3.8) is 0 Å². The second-order valence-electron chi connectivity index (χ2n) is 7.07. The quantitative estimate of drug-likeness (QED) is 0.330. The summed E-state index contributed by atoms with van der Waals surface area (Å²) in [6.45, 7) is 8.47. The van der Waals surface area contributed by atoms with E-state index in [0.29, 0.717) is 12.5 Å². The van der Waals surface area contributed by atoms with Gasteiger partial charge in [-0.15, -0.1) is 24.0 Å². The summed E-state index contributed by atoms with van der Waals surface area (Å²) in [7, 11) is 7.32. The molecule has 0 bridgehead atoms. The molecule has 0 amide bonds. The molecule has 0 spiro atoms. The van der Waals surface area contributed by atoms with Crippen molar-refractivity contribution in [3.8, 4) is 11.5 Å². The van der Waals surface area contributed by atoms with Gasteiger partial charge in [0.05, 0.1) is 26.5 Å². The van der Waals surface area contributed by atoms with Gasteiger partial charge in [-0.05, 0) is 25.0 Å². The molecule has 0 aliphatic carbocycles. The lowest BCUT2D eigenvalue weighted by molar-refractivity contribution is 0.391. The van der Waals surface area contributed by atoms with E-state index in [1.54, 1.807) is 14.2 Å². The van der Waals surface area contributed by atoms with E-state index >= 15 is 0 Å². The Morgan fingerprint density at radius 3 is 2.55 bits per heavy atom. The molecule has 1 aromatic heterocycles. The van der Waals surface area contributed by atoms with Gasteiger partial charge in [0.25, 0.3) is 0 Å². The number of guanidine groups is 1. The molecule has 0 aliphatic heterocycles. The fourth-order valence-electron chi connectivity index (χ4n) is 3.11. The van der Waals surface area contributed by atoms with Crippen molar-refractivity contribution >= 4 is 29.9 Å². The van der Waals surface area contributed by atoms with Crippen LogP contribution in [-0.2, 0) is 20.1 Å². The highest BCUT2D eigenvalue weighted by atomic mass is 127. The lowest BCUT2D eigenvalue weighted by Crippen LogP contribution is -2.38. The number of hydrogen-bond acceptors (Lipinski definition) is 4. The van der Waals surface area contributed by atoms with Crippen LogP contribution in [0.3, 0.4) is 0 Å². The van der Waals surface area contributed by atoms with Crippen LogP contribution in [0.15, 0.2) is 29.4 Å². The molecule has 0 atom stereocenters. The maximum Gasteiger partial charge on any atom is 0.194 e. The number of aryl methyl sites for hydroxylation is 1. The van der Waals surface area contributed by atoms with Crippen LogP contribution in [0.2, 0.25) is 0 Å². The second-order valence-corrected chi connectivity index (χ2v) is 7.07. The van der Waals surface area contributed by atoms with E-state index in [1.165, 1.54) is 5.56 Å². The highest BCUT2D eigenvalue weighted by Crippen LogP contribution is 2.25. The second kappa shape index (κ2) is 11.9. The summed E-state index contributed by atoms with van der Waals surface area (Å²) in [4.78, 5) is 6.94. The average Bonchev–Trinajstić information content (AvgIpc) is 3.05. The first-order chi connectivity index (χ1) is 13.4. The standard InChI is InChI=1S/C21H33N5O2.HI/c1-8-22-21(23-12-16-9-10-18(27-6)11-19(16)28-7)25(4)13-17-14-26(5)24-20(17)15(2)3;/h9-11,14-15H,8,12-13H2,1-7H3,(H,22,23);1H. The molecule has 0 aliphatic rings. The van der Waals surface area contributed by atoms with Crippen molar-refractivity contribution < 1.29 is 9.47 Å². The van der Waals surface area contributed by atoms with E-state index in [-0.39, 0.29) is 24.0 Å². The third kappa shape index (κ3) is 6.80. The van der Waals surface area contributed by atoms with Crippen molar-refractivity contribution in [2.24, 2.45) is 12.0 Å². The predicted molar refractivity (Wildman–Crippen MR) is 129 cm³/mol. The number of benzene rings is 1. The molecular formula is C21H34IN5O2. The molecule has 0 saturated heterocycles. The van der Waals surface area contributed by atoms with E-state index in [4.69, 9.17) is 14.5 Å². The van der Waals surface area contributed by atoms with Crippen molar-refractivity contribution in [2.75, 3.05) is 27.8 Å². The Balaban J connectivity index is 0.00000420. The minimum Gasteiger partial charge on any atom is -0.497 e. The largest absolute Gasteiger partial charge is 0.497 e. The molecule has 29 heavy (non-hydrogen) atoms. The zero-order valence-corrected chi connectivity index (χ0v) is 20.9. The molecule has 1 N–H and O–H groups in total. The first kappa shape index (κ1) is 25.1. The molecule has 0 saturated carbocycles. The lowest BCUT2D eigenvalue weighted by Gasteiger charge is -2.22. The molecule has 0 radical (unpaired) electrons. The molecule has 8 heteroatoms. The van der Waals surface area contributed by atoms with E-state index in [2.05, 4.69) is 42.3 Å². The molecular weight excluding hydrogens is 481 g/mol. The van der Waals surface area contributed by atoms with Gasteiger partial charge in [0.15, 0.2) is 5.96 Å². The SMILES string of the molecule is CCNC(=NCc1ccc(OC)cc1OC)N(C)Cc1cn(C)nc1C(C)C.I. The van der Waals surface area contributed by atoms with E-state index in [9.17, 15) is 0 Å². The number of nitrogens with one attached hydrogen (secondary N) is 1. The molecule has 1 heterocycles. The predicted octanol–water partition coefficient (Wildman–Crippen LogP) is 3.78. The Bertz CT molecular complexity index is 804. The highest BCUT2D eigenvalue weighted by Gasteiger charge is 2.15. The number of hydrogen-bond donors (Lipinski definition) is 1. The monoisotopic (exact) mass is 515 g/mol. The normalized spacial score (nSPS) is 11.2. The summed E-state index contributed by atoms with van der Waals surface area (Å²) in [5, 5.41) is 7.97. The topological polar surface area (TPSA) is 63.9 Å². The number of ether oxygens (including phenoxy) is 2. The summed E-state index contributed by atoms with van der Waals surface area (Å²) >= 11 is 0. The van der Waals surface area contributed by atoms with Gasteiger partial charge in [-0.1, -0.05) is 13.8 Å². The summed E-state index contributed by atoms with van der Waals surface area (Å²) in [5.74, 6) is 2.77. The van der Waals surface area contributed by atoms with Gasteiger partial charge in [-0.3, -0.25) is 4.68 Å². The zero-order chi connectivity index (χ0) is 20.7. The third-order valence-corrected chi connectivity index (χ3v) is 4.48. The minimum atomic E-state index is 0.